The Bertz CT molecular complexity index is 466. The van der Waals surface area contributed by atoms with Crippen LogP contribution in [-0.2, 0) is 14.3 Å². The number of ether oxygens (including phenoxy) is 2. The predicted octanol–water partition coefficient (Wildman–Crippen LogP) is 0.342. The monoisotopic (exact) mass is 310 g/mol. The van der Waals surface area contributed by atoms with Crippen molar-refractivity contribution in [2.75, 3.05) is 40.0 Å². The molecule has 7 nitrogen and oxygen atoms in total. The van der Waals surface area contributed by atoms with Crippen molar-refractivity contribution in [2.24, 2.45) is 5.92 Å². The van der Waals surface area contributed by atoms with E-state index in [2.05, 4.69) is 9.72 Å². The minimum absolute atomic E-state index is 0.0743. The molecule has 0 spiro atoms. The summed E-state index contributed by atoms with van der Waals surface area (Å²) in [6.45, 7) is 2.65. The predicted molar refractivity (Wildman–Crippen MR) is 79.2 cm³/mol. The molecule has 1 amide bonds. The highest BCUT2D eigenvalue weighted by Crippen LogP contribution is 2.08. The van der Waals surface area contributed by atoms with Gasteiger partial charge in [-0.15, -0.1) is 0 Å². The standard InChI is InChI=1S/C15H22N2O5/c1-12(15(20)21-2)11-17(6-8-22-9-7-18)14(19)13-4-3-5-16-10-13/h3-5,10,12,18H,6-9,11H2,1-2H3. The van der Waals surface area contributed by atoms with E-state index in [1.165, 1.54) is 18.2 Å². The molecule has 22 heavy (non-hydrogen) atoms. The maximum Gasteiger partial charge on any atom is 0.310 e. The number of aliphatic hydroxyl groups is 1. The van der Waals surface area contributed by atoms with Gasteiger partial charge in [0.15, 0.2) is 0 Å². The second kappa shape index (κ2) is 9.86. The van der Waals surface area contributed by atoms with Crippen LogP contribution in [-0.4, -0.2) is 66.9 Å². The molecule has 1 N–H and O–H groups in total. The van der Waals surface area contributed by atoms with Crippen LogP contribution in [0, 0.1) is 5.92 Å². The summed E-state index contributed by atoms with van der Waals surface area (Å²) >= 11 is 0. The highest BCUT2D eigenvalue weighted by molar-refractivity contribution is 5.94. The molecular weight excluding hydrogens is 288 g/mol. The van der Waals surface area contributed by atoms with Gasteiger partial charge in [-0.1, -0.05) is 6.92 Å². The van der Waals surface area contributed by atoms with Gasteiger partial charge < -0.3 is 19.5 Å². The highest BCUT2D eigenvalue weighted by atomic mass is 16.5. The number of carbonyl (C=O) groups excluding carboxylic acids is 2. The molecule has 7 heteroatoms. The van der Waals surface area contributed by atoms with Gasteiger partial charge in [0.25, 0.3) is 5.91 Å². The second-order valence-electron chi connectivity index (χ2n) is 4.75. The van der Waals surface area contributed by atoms with Gasteiger partial charge in [0.1, 0.15) is 0 Å². The lowest BCUT2D eigenvalue weighted by Crippen LogP contribution is -2.39. The molecule has 1 unspecified atom stereocenters. The van der Waals surface area contributed by atoms with Gasteiger partial charge >= 0.3 is 5.97 Å². The van der Waals surface area contributed by atoms with E-state index in [4.69, 9.17) is 9.84 Å². The molecule has 0 aromatic carbocycles. The summed E-state index contributed by atoms with van der Waals surface area (Å²) in [5, 5.41) is 8.69. The molecule has 0 aliphatic rings. The number of hydrogen-bond acceptors (Lipinski definition) is 6. The van der Waals surface area contributed by atoms with Crippen LogP contribution in [0.5, 0.6) is 0 Å². The van der Waals surface area contributed by atoms with Crippen molar-refractivity contribution in [1.82, 2.24) is 9.88 Å². The zero-order valence-corrected chi connectivity index (χ0v) is 12.9. The first-order valence-corrected chi connectivity index (χ1v) is 7.05. The van der Waals surface area contributed by atoms with E-state index in [0.29, 0.717) is 12.1 Å². The summed E-state index contributed by atoms with van der Waals surface area (Å²) in [6.07, 6.45) is 3.06. The highest BCUT2D eigenvalue weighted by Gasteiger charge is 2.22. The molecule has 1 aromatic rings. The summed E-state index contributed by atoms with van der Waals surface area (Å²) < 4.78 is 9.88. The van der Waals surface area contributed by atoms with E-state index in [0.717, 1.165) is 0 Å². The fraction of sp³-hybridized carbons (Fsp3) is 0.533. The van der Waals surface area contributed by atoms with Crippen molar-refractivity contribution in [3.63, 3.8) is 0 Å². The van der Waals surface area contributed by atoms with E-state index < -0.39 is 5.92 Å². The number of esters is 1. The van der Waals surface area contributed by atoms with E-state index in [-0.39, 0.29) is 38.2 Å². The fourth-order valence-corrected chi connectivity index (χ4v) is 1.90. The van der Waals surface area contributed by atoms with Crippen LogP contribution < -0.4 is 0 Å². The molecule has 1 atom stereocenters. The van der Waals surface area contributed by atoms with Gasteiger partial charge in [0.05, 0.1) is 38.4 Å². The number of rotatable bonds is 9. The molecule has 0 aliphatic heterocycles. The van der Waals surface area contributed by atoms with Crippen molar-refractivity contribution in [3.05, 3.63) is 30.1 Å². The Morgan fingerprint density at radius 2 is 2.18 bits per heavy atom. The molecule has 1 aromatic heterocycles. The largest absolute Gasteiger partial charge is 0.469 e. The average molecular weight is 310 g/mol. The number of pyridine rings is 1. The van der Waals surface area contributed by atoms with Gasteiger partial charge in [-0.25, -0.2) is 0 Å². The first kappa shape index (κ1) is 18.1. The number of methoxy groups -OCH3 is 1. The molecule has 0 saturated heterocycles. The van der Waals surface area contributed by atoms with E-state index in [9.17, 15) is 9.59 Å². The SMILES string of the molecule is COC(=O)C(C)CN(CCOCCO)C(=O)c1cccnc1. The Kier molecular flexibility index (Phi) is 8.09. The van der Waals surface area contributed by atoms with E-state index in [1.54, 1.807) is 25.3 Å². The molecule has 0 bridgehead atoms. The molecule has 0 radical (unpaired) electrons. The van der Waals surface area contributed by atoms with Crippen LogP contribution in [0.2, 0.25) is 0 Å². The van der Waals surface area contributed by atoms with Gasteiger partial charge in [0.2, 0.25) is 0 Å². The van der Waals surface area contributed by atoms with Crippen molar-refractivity contribution in [3.8, 4) is 0 Å². The maximum absolute atomic E-state index is 12.5. The first-order valence-electron chi connectivity index (χ1n) is 7.05. The molecule has 0 fully saturated rings. The molecule has 122 valence electrons. The lowest BCUT2D eigenvalue weighted by Gasteiger charge is -2.25. The Balaban J connectivity index is 2.72. The van der Waals surface area contributed by atoms with Crippen LogP contribution >= 0.6 is 0 Å². The second-order valence-corrected chi connectivity index (χ2v) is 4.75. The summed E-state index contributed by atoms with van der Waals surface area (Å²) in [4.78, 5) is 29.5. The molecule has 0 saturated carbocycles. The number of carbonyl (C=O) groups is 2. The first-order chi connectivity index (χ1) is 10.6. The fourth-order valence-electron chi connectivity index (χ4n) is 1.90. The third-order valence-electron chi connectivity index (χ3n) is 3.03. The number of aromatic nitrogens is 1. The van der Waals surface area contributed by atoms with Crippen LogP contribution in [0.4, 0.5) is 0 Å². The Labute approximate surface area is 129 Å². The number of amides is 1. The normalized spacial score (nSPS) is 11.8. The van der Waals surface area contributed by atoms with Gasteiger partial charge in [0, 0.05) is 25.5 Å². The van der Waals surface area contributed by atoms with Crippen molar-refractivity contribution >= 4 is 11.9 Å². The summed E-state index contributed by atoms with van der Waals surface area (Å²) in [6, 6.07) is 3.34. The van der Waals surface area contributed by atoms with Crippen LogP contribution in [0.1, 0.15) is 17.3 Å². The molecule has 0 aliphatic carbocycles. The lowest BCUT2D eigenvalue weighted by atomic mass is 10.1. The van der Waals surface area contributed by atoms with Gasteiger partial charge in [-0.05, 0) is 12.1 Å². The Morgan fingerprint density at radius 1 is 1.41 bits per heavy atom. The number of hydrogen-bond donors (Lipinski definition) is 1. The summed E-state index contributed by atoms with van der Waals surface area (Å²) in [7, 11) is 1.32. The lowest BCUT2D eigenvalue weighted by molar-refractivity contribution is -0.145. The van der Waals surface area contributed by atoms with Crippen molar-refractivity contribution in [2.45, 2.75) is 6.92 Å². The minimum Gasteiger partial charge on any atom is -0.469 e. The quantitative estimate of drug-likeness (QED) is 0.523. The molecule has 1 heterocycles. The van der Waals surface area contributed by atoms with Crippen molar-refractivity contribution in [1.29, 1.82) is 0 Å². The molecular formula is C15H22N2O5. The van der Waals surface area contributed by atoms with Crippen LogP contribution in [0.15, 0.2) is 24.5 Å². The van der Waals surface area contributed by atoms with Crippen molar-refractivity contribution < 1.29 is 24.2 Å². The zero-order valence-electron chi connectivity index (χ0n) is 12.9. The number of nitrogens with zero attached hydrogens (tertiary/aromatic N) is 2. The summed E-state index contributed by atoms with van der Waals surface area (Å²) in [5.74, 6) is -1.04. The average Bonchev–Trinajstić information content (AvgIpc) is 2.56. The third-order valence-corrected chi connectivity index (χ3v) is 3.03. The van der Waals surface area contributed by atoms with E-state index in [1.807, 2.05) is 0 Å². The minimum atomic E-state index is -0.441. The Hall–Kier alpha value is -1.99. The van der Waals surface area contributed by atoms with Gasteiger partial charge in [-0.2, -0.15) is 0 Å². The Morgan fingerprint density at radius 3 is 2.77 bits per heavy atom. The van der Waals surface area contributed by atoms with Crippen LogP contribution in [0.25, 0.3) is 0 Å². The topological polar surface area (TPSA) is 89.0 Å². The van der Waals surface area contributed by atoms with E-state index >= 15 is 0 Å². The molecule has 1 rings (SSSR count). The van der Waals surface area contributed by atoms with Crippen LogP contribution in [0.3, 0.4) is 0 Å². The third kappa shape index (κ3) is 5.79. The maximum atomic E-state index is 12.5. The summed E-state index contributed by atoms with van der Waals surface area (Å²) in [5.41, 5.74) is 0.446. The number of aliphatic hydroxyl groups excluding tert-OH is 1. The smallest absolute Gasteiger partial charge is 0.310 e. The zero-order chi connectivity index (χ0) is 16.4. The van der Waals surface area contributed by atoms with Gasteiger partial charge in [-0.3, -0.25) is 14.6 Å².